The molecule has 0 heterocycles. The number of benzene rings is 1. The van der Waals surface area contributed by atoms with E-state index >= 15 is 0 Å². The molecule has 2 fully saturated rings. The van der Waals surface area contributed by atoms with Crippen LogP contribution in [-0.4, -0.2) is 40.1 Å². The smallest absolute Gasteiger partial charge is 0.312 e. The number of hydrogen-bond donors (Lipinski definition) is 4. The van der Waals surface area contributed by atoms with Crippen LogP contribution in [0.1, 0.15) is 24.3 Å². The highest BCUT2D eigenvalue weighted by Crippen LogP contribution is 2.61. The number of rotatable bonds is 6. The largest absolute Gasteiger partial charge is 0.481 e. The molecule has 5 atom stereocenters. The minimum atomic E-state index is -1.21. The Balaban J connectivity index is 1.67. The summed E-state index contributed by atoms with van der Waals surface area (Å²) in [4.78, 5) is 35.1. The van der Waals surface area contributed by atoms with Gasteiger partial charge >= 0.3 is 11.9 Å². The Hall–Kier alpha value is -2.41. The molecule has 2 saturated carbocycles. The van der Waals surface area contributed by atoms with Crippen LogP contribution in [0.5, 0.6) is 0 Å². The Morgan fingerprint density at radius 1 is 1.25 bits per heavy atom. The third-order valence-electron chi connectivity index (χ3n) is 5.33. The molecular weight excluding hydrogens is 312 g/mol. The Kier molecular flexibility index (Phi) is 4.04. The topological polar surface area (TPSA) is 130 Å². The summed E-state index contributed by atoms with van der Waals surface area (Å²) >= 11 is 0. The van der Waals surface area contributed by atoms with E-state index in [1.807, 2.05) is 0 Å². The SMILES string of the molecule is N[C@@]1(C(=O)NCC(C(=O)O)c2ccccc2)CC[C@@H]2[C@H](C(=O)O)[C@H]21. The normalized spacial score (nSPS) is 31.8. The summed E-state index contributed by atoms with van der Waals surface area (Å²) in [5, 5.41) is 21.2. The van der Waals surface area contributed by atoms with Gasteiger partial charge < -0.3 is 21.3 Å². The molecule has 1 aromatic rings. The van der Waals surface area contributed by atoms with E-state index in [0.717, 1.165) is 0 Å². The van der Waals surface area contributed by atoms with Gasteiger partial charge in [0.15, 0.2) is 0 Å². The molecule has 7 heteroatoms. The number of carbonyl (C=O) groups excluding carboxylic acids is 1. The Morgan fingerprint density at radius 2 is 1.92 bits per heavy atom. The summed E-state index contributed by atoms with van der Waals surface area (Å²) in [5.74, 6) is -4.23. The number of nitrogens with one attached hydrogen (secondary N) is 1. The second-order valence-electron chi connectivity index (χ2n) is 6.64. The molecule has 1 aromatic carbocycles. The van der Waals surface area contributed by atoms with Crippen LogP contribution < -0.4 is 11.1 Å². The van der Waals surface area contributed by atoms with Crippen molar-refractivity contribution in [2.45, 2.75) is 24.3 Å². The van der Waals surface area contributed by atoms with Crippen molar-refractivity contribution in [2.75, 3.05) is 6.54 Å². The number of carboxylic acid groups (broad SMARTS) is 2. The van der Waals surface area contributed by atoms with Crippen LogP contribution in [0.3, 0.4) is 0 Å². The van der Waals surface area contributed by atoms with Gasteiger partial charge in [0.25, 0.3) is 0 Å². The van der Waals surface area contributed by atoms with Crippen LogP contribution in [0.15, 0.2) is 30.3 Å². The van der Waals surface area contributed by atoms with Crippen molar-refractivity contribution in [2.24, 2.45) is 23.5 Å². The van der Waals surface area contributed by atoms with E-state index in [4.69, 9.17) is 10.8 Å². The maximum atomic E-state index is 12.5. The first-order valence-corrected chi connectivity index (χ1v) is 7.94. The number of carbonyl (C=O) groups is 3. The molecule has 1 amide bonds. The molecule has 0 radical (unpaired) electrons. The lowest BCUT2D eigenvalue weighted by Gasteiger charge is -2.26. The fraction of sp³-hybridized carbons (Fsp3) is 0.471. The standard InChI is InChI=1S/C17H20N2O5/c18-17(7-6-10-12(13(10)17)15(22)23)16(24)19-8-11(14(20)21)9-4-2-1-3-5-9/h1-5,10-13H,6-8,18H2,(H,19,24)(H,20,21)(H,22,23)/t10-,11?,12+,13+,17+/m1/s1. The maximum absolute atomic E-state index is 12.5. The fourth-order valence-corrected chi connectivity index (χ4v) is 4.00. The minimum Gasteiger partial charge on any atom is -0.481 e. The zero-order chi connectivity index (χ0) is 17.5. The molecule has 2 aliphatic rings. The van der Waals surface area contributed by atoms with E-state index in [-0.39, 0.29) is 18.4 Å². The summed E-state index contributed by atoms with van der Waals surface area (Å²) in [6.07, 6.45) is 1.05. The fourth-order valence-electron chi connectivity index (χ4n) is 4.00. The molecule has 1 unspecified atom stereocenters. The Bertz CT molecular complexity index is 677. The predicted octanol–water partition coefficient (Wildman–Crippen LogP) is 0.409. The van der Waals surface area contributed by atoms with E-state index in [1.54, 1.807) is 30.3 Å². The van der Waals surface area contributed by atoms with Crippen LogP contribution in [0.4, 0.5) is 0 Å². The summed E-state index contributed by atoms with van der Waals surface area (Å²) in [5.41, 5.74) is 5.57. The molecule has 3 rings (SSSR count). The van der Waals surface area contributed by atoms with Crippen molar-refractivity contribution in [3.8, 4) is 0 Å². The Morgan fingerprint density at radius 3 is 2.46 bits per heavy atom. The minimum absolute atomic E-state index is 0.0392. The van der Waals surface area contributed by atoms with E-state index in [1.165, 1.54) is 0 Å². The lowest BCUT2D eigenvalue weighted by atomic mass is 9.90. The summed E-state index contributed by atoms with van der Waals surface area (Å²) in [6.45, 7) is -0.0771. The third kappa shape index (κ3) is 2.65. The third-order valence-corrected chi connectivity index (χ3v) is 5.33. The molecular formula is C17H20N2O5. The van der Waals surface area contributed by atoms with Crippen LogP contribution in [-0.2, 0) is 14.4 Å². The lowest BCUT2D eigenvalue weighted by molar-refractivity contribution is -0.140. The number of fused-ring (bicyclic) bond motifs is 1. The zero-order valence-corrected chi connectivity index (χ0v) is 13.0. The number of carboxylic acids is 2. The van der Waals surface area contributed by atoms with Crippen molar-refractivity contribution in [3.05, 3.63) is 35.9 Å². The quantitative estimate of drug-likeness (QED) is 0.597. The monoisotopic (exact) mass is 332 g/mol. The second kappa shape index (κ2) is 5.90. The van der Waals surface area contributed by atoms with Crippen molar-refractivity contribution < 1.29 is 24.6 Å². The summed E-state index contributed by atoms with van der Waals surface area (Å²) < 4.78 is 0. The van der Waals surface area contributed by atoms with Crippen LogP contribution >= 0.6 is 0 Å². The van der Waals surface area contributed by atoms with Gasteiger partial charge in [0.1, 0.15) is 0 Å². The van der Waals surface area contributed by atoms with Gasteiger partial charge in [0.2, 0.25) is 5.91 Å². The van der Waals surface area contributed by atoms with Gasteiger partial charge in [-0.05, 0) is 24.3 Å². The van der Waals surface area contributed by atoms with E-state index in [2.05, 4.69) is 5.32 Å². The van der Waals surface area contributed by atoms with Crippen molar-refractivity contribution >= 4 is 17.8 Å². The molecule has 7 nitrogen and oxygen atoms in total. The van der Waals surface area contributed by atoms with Gasteiger partial charge in [0.05, 0.1) is 17.4 Å². The highest BCUT2D eigenvalue weighted by Gasteiger charge is 2.69. The van der Waals surface area contributed by atoms with Crippen LogP contribution in [0.25, 0.3) is 0 Å². The summed E-state index contributed by atoms with van der Waals surface area (Å²) in [7, 11) is 0. The summed E-state index contributed by atoms with van der Waals surface area (Å²) in [6, 6.07) is 8.64. The molecule has 0 bridgehead atoms. The highest BCUT2D eigenvalue weighted by molar-refractivity contribution is 5.90. The first-order valence-electron chi connectivity index (χ1n) is 7.94. The van der Waals surface area contributed by atoms with Gasteiger partial charge in [0, 0.05) is 12.5 Å². The van der Waals surface area contributed by atoms with Crippen molar-refractivity contribution in [1.29, 1.82) is 0 Å². The lowest BCUT2D eigenvalue weighted by Crippen LogP contribution is -2.56. The molecule has 2 aliphatic carbocycles. The molecule has 5 N–H and O–H groups in total. The molecule has 0 spiro atoms. The van der Waals surface area contributed by atoms with Crippen molar-refractivity contribution in [1.82, 2.24) is 5.32 Å². The van der Waals surface area contributed by atoms with Gasteiger partial charge in [-0.15, -0.1) is 0 Å². The molecule has 0 aliphatic heterocycles. The molecule has 0 saturated heterocycles. The van der Waals surface area contributed by atoms with Gasteiger partial charge in [-0.1, -0.05) is 30.3 Å². The molecule has 24 heavy (non-hydrogen) atoms. The first kappa shape index (κ1) is 16.4. The van der Waals surface area contributed by atoms with Crippen LogP contribution in [0.2, 0.25) is 0 Å². The van der Waals surface area contributed by atoms with E-state index < -0.39 is 35.2 Å². The zero-order valence-electron chi connectivity index (χ0n) is 13.0. The number of hydrogen-bond acceptors (Lipinski definition) is 4. The average Bonchev–Trinajstić information content (AvgIpc) is 3.20. The van der Waals surface area contributed by atoms with E-state index in [0.29, 0.717) is 18.4 Å². The first-order chi connectivity index (χ1) is 11.4. The van der Waals surface area contributed by atoms with Gasteiger partial charge in [-0.2, -0.15) is 0 Å². The highest BCUT2D eigenvalue weighted by atomic mass is 16.4. The number of amides is 1. The maximum Gasteiger partial charge on any atom is 0.312 e. The molecule has 0 aromatic heterocycles. The Labute approximate surface area is 138 Å². The average molecular weight is 332 g/mol. The van der Waals surface area contributed by atoms with E-state index in [9.17, 15) is 19.5 Å². The molecule has 128 valence electrons. The van der Waals surface area contributed by atoms with Gasteiger partial charge in [-0.3, -0.25) is 14.4 Å². The van der Waals surface area contributed by atoms with Crippen molar-refractivity contribution in [3.63, 3.8) is 0 Å². The van der Waals surface area contributed by atoms with Gasteiger partial charge in [-0.25, -0.2) is 0 Å². The number of nitrogens with two attached hydrogens (primary N) is 1. The number of aliphatic carboxylic acids is 2. The second-order valence-corrected chi connectivity index (χ2v) is 6.64. The predicted molar refractivity (Wildman–Crippen MR) is 84.1 cm³/mol. The van der Waals surface area contributed by atoms with Crippen LogP contribution in [0, 0.1) is 17.8 Å².